The number of halogens is 3. The van der Waals surface area contributed by atoms with E-state index in [4.69, 9.17) is 9.47 Å². The van der Waals surface area contributed by atoms with Gasteiger partial charge in [-0.25, -0.2) is 13.8 Å². The molecule has 2 fully saturated rings. The van der Waals surface area contributed by atoms with E-state index in [1.165, 1.54) is 6.33 Å². The Morgan fingerprint density at radius 3 is 2.66 bits per heavy atom. The lowest BCUT2D eigenvalue weighted by Gasteiger charge is -2.19. The molecule has 6 nitrogen and oxygen atoms in total. The molecule has 4 rings (SSSR count). The van der Waals surface area contributed by atoms with Crippen molar-refractivity contribution in [1.82, 2.24) is 9.97 Å². The van der Waals surface area contributed by atoms with Crippen LogP contribution in [0.25, 0.3) is 0 Å². The van der Waals surface area contributed by atoms with E-state index >= 15 is 0 Å². The number of carbonyl (C=O) groups is 1. The molecule has 0 unspecified atom stereocenters. The van der Waals surface area contributed by atoms with Crippen LogP contribution in [-0.4, -0.2) is 47.5 Å². The molecule has 172 valence electrons. The van der Waals surface area contributed by atoms with Crippen molar-refractivity contribution < 1.29 is 27.4 Å². The minimum absolute atomic E-state index is 0.0806. The Bertz CT molecular complexity index is 971. The molecule has 1 aliphatic carbocycles. The number of ether oxygens (including phenoxy) is 2. The summed E-state index contributed by atoms with van der Waals surface area (Å²) in [6, 6.07) is 7.65. The normalized spacial score (nSPS) is 22.5. The average molecular weight is 449 g/mol. The highest BCUT2D eigenvalue weighted by atomic mass is 19.3. The van der Waals surface area contributed by atoms with Crippen molar-refractivity contribution >= 4 is 11.6 Å². The van der Waals surface area contributed by atoms with Crippen LogP contribution in [-0.2, 0) is 4.79 Å². The van der Waals surface area contributed by atoms with Gasteiger partial charge in [-0.05, 0) is 30.5 Å². The first-order valence-corrected chi connectivity index (χ1v) is 10.7. The molecular formula is C23H26F3N3O3. The van der Waals surface area contributed by atoms with E-state index in [1.807, 2.05) is 31.2 Å². The highest BCUT2D eigenvalue weighted by Crippen LogP contribution is 2.48. The topological polar surface area (TPSA) is 64.5 Å². The monoisotopic (exact) mass is 449 g/mol. The first-order valence-electron chi connectivity index (χ1n) is 10.7. The van der Waals surface area contributed by atoms with E-state index in [2.05, 4.69) is 9.97 Å². The average Bonchev–Trinajstić information content (AvgIpc) is 3.12. The molecule has 3 atom stereocenters. The quantitative estimate of drug-likeness (QED) is 0.566. The molecule has 0 spiro atoms. The third-order valence-corrected chi connectivity index (χ3v) is 5.91. The summed E-state index contributed by atoms with van der Waals surface area (Å²) in [6.07, 6.45) is 1.95. The van der Waals surface area contributed by atoms with Gasteiger partial charge in [0.25, 0.3) is 11.8 Å². The minimum atomic E-state index is -2.73. The lowest BCUT2D eigenvalue weighted by molar-refractivity contribution is -0.117. The highest BCUT2D eigenvalue weighted by molar-refractivity contribution is 5.76. The number of benzene rings is 1. The molecule has 32 heavy (non-hydrogen) atoms. The Labute approximate surface area is 184 Å². The minimum Gasteiger partial charge on any atom is -0.489 e. The standard InChI is InChI=1S/C23H26F3N3O3/c1-14(9-15(2)30)16-3-5-18(6-4-16)32-19-7-8-29(11-19)21-20(24)22(28-13-27-21)31-12-17-10-23(17,25)26/h3-6,13-14,17,19H,7-12H2,1-2H3/t14-,17-,19-/m1/s1. The molecule has 1 aromatic heterocycles. The van der Waals surface area contributed by atoms with Gasteiger partial charge in [-0.3, -0.25) is 0 Å². The Morgan fingerprint density at radius 1 is 1.28 bits per heavy atom. The molecule has 0 amide bonds. The molecule has 1 saturated heterocycles. The number of anilines is 1. The number of alkyl halides is 2. The van der Waals surface area contributed by atoms with Crippen molar-refractivity contribution in [2.45, 2.75) is 51.1 Å². The summed E-state index contributed by atoms with van der Waals surface area (Å²) in [7, 11) is 0. The second-order valence-electron chi connectivity index (χ2n) is 8.64. The van der Waals surface area contributed by atoms with E-state index in [0.717, 1.165) is 5.56 Å². The molecule has 9 heteroatoms. The second-order valence-corrected chi connectivity index (χ2v) is 8.64. The van der Waals surface area contributed by atoms with Crippen molar-refractivity contribution in [3.05, 3.63) is 42.0 Å². The van der Waals surface area contributed by atoms with E-state index in [9.17, 15) is 18.0 Å². The predicted octanol–water partition coefficient (Wildman–Crippen LogP) is 4.39. The Hall–Kier alpha value is -2.84. The molecule has 2 heterocycles. The number of Topliss-reactive ketones (excluding diaryl/α,β-unsaturated/α-hetero) is 1. The molecule has 1 saturated carbocycles. The van der Waals surface area contributed by atoms with Crippen molar-refractivity contribution in [2.24, 2.45) is 5.92 Å². The zero-order valence-corrected chi connectivity index (χ0v) is 18.1. The first kappa shape index (κ1) is 22.4. The van der Waals surface area contributed by atoms with Gasteiger partial charge in [0, 0.05) is 25.8 Å². The van der Waals surface area contributed by atoms with Gasteiger partial charge in [0.15, 0.2) is 5.82 Å². The smallest absolute Gasteiger partial charge is 0.255 e. The predicted molar refractivity (Wildman–Crippen MR) is 112 cm³/mol. The summed E-state index contributed by atoms with van der Waals surface area (Å²) in [5, 5.41) is 0. The van der Waals surface area contributed by atoms with Crippen LogP contribution in [0.2, 0.25) is 0 Å². The van der Waals surface area contributed by atoms with Gasteiger partial charge in [-0.2, -0.15) is 9.37 Å². The van der Waals surface area contributed by atoms with Crippen molar-refractivity contribution in [3.8, 4) is 11.6 Å². The van der Waals surface area contributed by atoms with E-state index in [0.29, 0.717) is 31.7 Å². The number of carbonyl (C=O) groups excluding carboxylic acids is 1. The largest absolute Gasteiger partial charge is 0.489 e. The zero-order chi connectivity index (χ0) is 22.9. The van der Waals surface area contributed by atoms with E-state index in [1.54, 1.807) is 11.8 Å². The van der Waals surface area contributed by atoms with Crippen LogP contribution in [0.3, 0.4) is 0 Å². The molecule has 1 aliphatic heterocycles. The van der Waals surface area contributed by atoms with Crippen LogP contribution in [0.5, 0.6) is 11.6 Å². The van der Waals surface area contributed by atoms with Crippen LogP contribution >= 0.6 is 0 Å². The molecule has 0 radical (unpaired) electrons. The van der Waals surface area contributed by atoms with Crippen LogP contribution in [0, 0.1) is 11.7 Å². The maximum absolute atomic E-state index is 14.8. The Balaban J connectivity index is 1.33. The first-order chi connectivity index (χ1) is 15.2. The molecule has 2 aromatic rings. The third kappa shape index (κ3) is 5.14. The molecular weight excluding hydrogens is 423 g/mol. The SMILES string of the molecule is CC(=O)C[C@@H](C)c1ccc(O[C@@H]2CCN(c3ncnc(OC[C@H]4CC4(F)F)c3F)C2)cc1. The fraction of sp³-hybridized carbons (Fsp3) is 0.522. The third-order valence-electron chi connectivity index (χ3n) is 5.91. The number of rotatable bonds is 9. The fourth-order valence-electron chi connectivity index (χ4n) is 3.93. The Kier molecular flexibility index (Phi) is 6.26. The van der Waals surface area contributed by atoms with Gasteiger partial charge in [0.05, 0.1) is 19.1 Å². The summed E-state index contributed by atoms with van der Waals surface area (Å²) in [6.45, 7) is 4.29. The van der Waals surface area contributed by atoms with Crippen molar-refractivity contribution in [2.75, 3.05) is 24.6 Å². The van der Waals surface area contributed by atoms with Crippen molar-refractivity contribution in [3.63, 3.8) is 0 Å². The lowest BCUT2D eigenvalue weighted by atomic mass is 9.96. The number of aromatic nitrogens is 2. The summed E-state index contributed by atoms with van der Waals surface area (Å²) in [4.78, 5) is 20.8. The van der Waals surface area contributed by atoms with Crippen molar-refractivity contribution in [1.29, 1.82) is 0 Å². The molecule has 1 aromatic carbocycles. The second kappa shape index (κ2) is 8.96. The van der Waals surface area contributed by atoms with Crippen LogP contribution in [0.15, 0.2) is 30.6 Å². The molecule has 2 aliphatic rings. The number of nitrogens with zero attached hydrogens (tertiary/aromatic N) is 3. The zero-order valence-electron chi connectivity index (χ0n) is 18.1. The van der Waals surface area contributed by atoms with E-state index < -0.39 is 17.7 Å². The summed E-state index contributed by atoms with van der Waals surface area (Å²) >= 11 is 0. The van der Waals surface area contributed by atoms with Crippen LogP contribution in [0.4, 0.5) is 19.0 Å². The molecule has 0 bridgehead atoms. The lowest BCUT2D eigenvalue weighted by Crippen LogP contribution is -2.26. The fourth-order valence-corrected chi connectivity index (χ4v) is 3.93. The summed E-state index contributed by atoms with van der Waals surface area (Å²) in [5.74, 6) is -3.59. The molecule has 0 N–H and O–H groups in total. The van der Waals surface area contributed by atoms with Gasteiger partial charge in [0.1, 0.15) is 24.0 Å². The maximum atomic E-state index is 14.8. The number of hydrogen-bond donors (Lipinski definition) is 0. The van der Waals surface area contributed by atoms with Gasteiger partial charge < -0.3 is 19.2 Å². The van der Waals surface area contributed by atoms with Crippen LogP contribution < -0.4 is 14.4 Å². The Morgan fingerprint density at radius 2 is 2.00 bits per heavy atom. The summed E-state index contributed by atoms with van der Waals surface area (Å²) < 4.78 is 52.1. The number of ketones is 1. The van der Waals surface area contributed by atoms with Gasteiger partial charge in [0.2, 0.25) is 5.82 Å². The van der Waals surface area contributed by atoms with Crippen LogP contribution in [0.1, 0.15) is 44.6 Å². The van der Waals surface area contributed by atoms with Gasteiger partial charge in [-0.15, -0.1) is 0 Å². The highest BCUT2D eigenvalue weighted by Gasteiger charge is 2.57. The summed E-state index contributed by atoms with van der Waals surface area (Å²) in [5.41, 5.74) is 1.07. The number of hydrogen-bond acceptors (Lipinski definition) is 6. The maximum Gasteiger partial charge on any atom is 0.255 e. The van der Waals surface area contributed by atoms with Gasteiger partial charge >= 0.3 is 0 Å². The van der Waals surface area contributed by atoms with Gasteiger partial charge in [-0.1, -0.05) is 19.1 Å². The van der Waals surface area contributed by atoms with E-state index in [-0.39, 0.29) is 42.5 Å².